The minimum absolute atomic E-state index is 0.0502. The SMILES string of the molecule is COc1cccc(C2C(C(=O)c3ccc(C)o3)C(=O)C(=O)N2c2nc3c(C)cc(C)cc3s2)c1. The number of hydrogen-bond acceptors (Lipinski definition) is 7. The number of ketones is 2. The number of nitrogens with zero attached hydrogens (tertiary/aromatic N) is 2. The highest BCUT2D eigenvalue weighted by molar-refractivity contribution is 7.22. The summed E-state index contributed by atoms with van der Waals surface area (Å²) in [4.78, 5) is 46.2. The average Bonchev–Trinajstić information content (AvgIpc) is 3.50. The van der Waals surface area contributed by atoms with Crippen LogP contribution in [0.1, 0.15) is 39.0 Å². The van der Waals surface area contributed by atoms with Gasteiger partial charge >= 0.3 is 0 Å². The number of amides is 1. The molecule has 0 saturated carbocycles. The van der Waals surface area contributed by atoms with Crippen molar-refractivity contribution in [3.8, 4) is 5.75 Å². The molecule has 1 aliphatic heterocycles. The number of methoxy groups -OCH3 is 1. The molecule has 1 aliphatic rings. The number of aromatic nitrogens is 1. The molecule has 7 nitrogen and oxygen atoms in total. The Labute approximate surface area is 200 Å². The molecule has 2 aromatic carbocycles. The van der Waals surface area contributed by atoms with Crippen LogP contribution in [0.5, 0.6) is 5.75 Å². The second kappa shape index (κ2) is 8.22. The van der Waals surface area contributed by atoms with Crippen LogP contribution in [-0.4, -0.2) is 29.6 Å². The van der Waals surface area contributed by atoms with Gasteiger partial charge in [-0.1, -0.05) is 29.5 Å². The second-order valence-electron chi connectivity index (χ2n) is 8.44. The number of anilines is 1. The predicted octanol–water partition coefficient (Wildman–Crippen LogP) is 4.98. The molecule has 5 rings (SSSR count). The van der Waals surface area contributed by atoms with Gasteiger partial charge < -0.3 is 9.15 Å². The summed E-state index contributed by atoms with van der Waals surface area (Å²) in [6.07, 6.45) is 0. The van der Waals surface area contributed by atoms with Crippen LogP contribution in [0.3, 0.4) is 0 Å². The molecule has 0 spiro atoms. The van der Waals surface area contributed by atoms with Crippen LogP contribution >= 0.6 is 11.3 Å². The van der Waals surface area contributed by atoms with E-state index in [1.807, 2.05) is 26.0 Å². The lowest BCUT2D eigenvalue weighted by atomic mass is 9.88. The number of carbonyl (C=O) groups is 3. The van der Waals surface area contributed by atoms with Crippen molar-refractivity contribution in [2.45, 2.75) is 26.8 Å². The number of thiazole rings is 1. The first-order chi connectivity index (χ1) is 16.3. The summed E-state index contributed by atoms with van der Waals surface area (Å²) in [6, 6.07) is 13.4. The molecule has 2 unspecified atom stereocenters. The smallest absolute Gasteiger partial charge is 0.297 e. The van der Waals surface area contributed by atoms with Gasteiger partial charge in [-0.3, -0.25) is 19.3 Å². The first-order valence-electron chi connectivity index (χ1n) is 10.8. The number of fused-ring (bicyclic) bond motifs is 1. The summed E-state index contributed by atoms with van der Waals surface area (Å²) in [7, 11) is 1.54. The molecule has 8 heteroatoms. The fourth-order valence-corrected chi connectivity index (χ4v) is 5.66. The highest BCUT2D eigenvalue weighted by atomic mass is 32.1. The van der Waals surface area contributed by atoms with Gasteiger partial charge in [0.2, 0.25) is 11.6 Å². The Balaban J connectivity index is 1.69. The summed E-state index contributed by atoms with van der Waals surface area (Å²) in [5.74, 6) is -2.18. The van der Waals surface area contributed by atoms with Gasteiger partial charge in [0.25, 0.3) is 5.91 Å². The molecule has 0 bridgehead atoms. The van der Waals surface area contributed by atoms with Crippen LogP contribution in [0.25, 0.3) is 10.2 Å². The maximum absolute atomic E-state index is 13.5. The van der Waals surface area contributed by atoms with E-state index in [0.717, 1.165) is 21.3 Å². The first kappa shape index (κ1) is 22.0. The van der Waals surface area contributed by atoms with Crippen molar-refractivity contribution in [3.63, 3.8) is 0 Å². The number of hydrogen-bond donors (Lipinski definition) is 0. The van der Waals surface area contributed by atoms with E-state index in [1.54, 1.807) is 37.3 Å². The maximum atomic E-state index is 13.5. The predicted molar refractivity (Wildman–Crippen MR) is 129 cm³/mol. The second-order valence-corrected chi connectivity index (χ2v) is 9.45. The lowest BCUT2D eigenvalue weighted by Gasteiger charge is -2.25. The van der Waals surface area contributed by atoms with Gasteiger partial charge in [0.15, 0.2) is 10.9 Å². The van der Waals surface area contributed by atoms with E-state index >= 15 is 0 Å². The molecular weight excluding hydrogens is 452 g/mol. The molecule has 2 aromatic heterocycles. The molecule has 0 N–H and O–H groups in total. The summed E-state index contributed by atoms with van der Waals surface area (Å²) in [5, 5.41) is 0.376. The Morgan fingerprint density at radius 3 is 2.59 bits per heavy atom. The fourth-order valence-electron chi connectivity index (χ4n) is 4.49. The van der Waals surface area contributed by atoms with Crippen molar-refractivity contribution in [3.05, 3.63) is 76.7 Å². The Morgan fingerprint density at radius 1 is 1.09 bits per heavy atom. The largest absolute Gasteiger partial charge is 0.497 e. The van der Waals surface area contributed by atoms with Gasteiger partial charge in [-0.05, 0) is 67.8 Å². The maximum Gasteiger partial charge on any atom is 0.297 e. The van der Waals surface area contributed by atoms with Gasteiger partial charge in [0, 0.05) is 0 Å². The molecule has 2 atom stereocenters. The molecule has 1 saturated heterocycles. The number of carbonyl (C=O) groups excluding carboxylic acids is 3. The van der Waals surface area contributed by atoms with Gasteiger partial charge in [0.05, 0.1) is 23.4 Å². The van der Waals surface area contributed by atoms with Crippen molar-refractivity contribution in [1.29, 1.82) is 0 Å². The minimum Gasteiger partial charge on any atom is -0.497 e. The van der Waals surface area contributed by atoms with Gasteiger partial charge in [-0.25, -0.2) is 4.98 Å². The van der Waals surface area contributed by atoms with Crippen molar-refractivity contribution in [2.24, 2.45) is 5.92 Å². The summed E-state index contributed by atoms with van der Waals surface area (Å²) >= 11 is 1.33. The molecule has 0 aliphatic carbocycles. The van der Waals surface area contributed by atoms with E-state index in [4.69, 9.17) is 14.1 Å². The van der Waals surface area contributed by atoms with Gasteiger partial charge in [-0.2, -0.15) is 0 Å². The van der Waals surface area contributed by atoms with Crippen molar-refractivity contribution in [1.82, 2.24) is 4.98 Å². The van der Waals surface area contributed by atoms with Crippen LogP contribution in [0.15, 0.2) is 52.9 Å². The Morgan fingerprint density at radius 2 is 1.88 bits per heavy atom. The van der Waals surface area contributed by atoms with E-state index in [9.17, 15) is 14.4 Å². The lowest BCUT2D eigenvalue weighted by Crippen LogP contribution is -2.30. The zero-order chi connectivity index (χ0) is 24.1. The number of rotatable bonds is 5. The van der Waals surface area contributed by atoms with E-state index in [0.29, 0.717) is 22.2 Å². The average molecular weight is 475 g/mol. The van der Waals surface area contributed by atoms with E-state index < -0.39 is 29.4 Å². The minimum atomic E-state index is -1.26. The number of Topliss-reactive ketones (excluding diaryl/α,β-unsaturated/α-hetero) is 2. The normalized spacial score (nSPS) is 18.2. The summed E-state index contributed by atoms with van der Waals surface area (Å²) in [5.41, 5.74) is 3.43. The molecular formula is C26H22N2O5S. The third kappa shape index (κ3) is 3.51. The number of furan rings is 1. The molecule has 3 heterocycles. The van der Waals surface area contributed by atoms with Crippen LogP contribution in [0.4, 0.5) is 5.13 Å². The number of benzene rings is 2. The lowest BCUT2D eigenvalue weighted by molar-refractivity contribution is -0.135. The van der Waals surface area contributed by atoms with Crippen LogP contribution < -0.4 is 9.64 Å². The first-order valence-corrected chi connectivity index (χ1v) is 11.6. The molecule has 0 radical (unpaired) electrons. The van der Waals surface area contributed by atoms with Gasteiger partial charge in [-0.15, -0.1) is 0 Å². The third-order valence-electron chi connectivity index (χ3n) is 6.03. The summed E-state index contributed by atoms with van der Waals surface area (Å²) < 4.78 is 11.8. The number of ether oxygens (including phenoxy) is 1. The van der Waals surface area contributed by atoms with Crippen molar-refractivity contribution in [2.75, 3.05) is 12.0 Å². The van der Waals surface area contributed by atoms with Crippen LogP contribution in [0.2, 0.25) is 0 Å². The molecule has 172 valence electrons. The molecule has 1 fully saturated rings. The monoisotopic (exact) mass is 474 g/mol. The summed E-state index contributed by atoms with van der Waals surface area (Å²) in [6.45, 7) is 5.67. The highest BCUT2D eigenvalue weighted by Crippen LogP contribution is 2.44. The number of aryl methyl sites for hydroxylation is 3. The van der Waals surface area contributed by atoms with E-state index in [2.05, 4.69) is 0 Å². The van der Waals surface area contributed by atoms with Crippen LogP contribution in [-0.2, 0) is 9.59 Å². The highest BCUT2D eigenvalue weighted by Gasteiger charge is 2.54. The molecule has 1 amide bonds. The zero-order valence-electron chi connectivity index (χ0n) is 19.1. The Kier molecular flexibility index (Phi) is 5.32. The van der Waals surface area contributed by atoms with E-state index in [1.165, 1.54) is 29.4 Å². The topological polar surface area (TPSA) is 89.7 Å². The van der Waals surface area contributed by atoms with Crippen molar-refractivity contribution < 1.29 is 23.5 Å². The Hall–Kier alpha value is -3.78. The quantitative estimate of drug-likeness (QED) is 0.230. The van der Waals surface area contributed by atoms with Crippen LogP contribution in [0, 0.1) is 26.7 Å². The third-order valence-corrected chi connectivity index (χ3v) is 7.03. The molecule has 4 aromatic rings. The van der Waals surface area contributed by atoms with E-state index in [-0.39, 0.29) is 5.76 Å². The molecule has 34 heavy (non-hydrogen) atoms. The zero-order valence-corrected chi connectivity index (χ0v) is 19.9. The standard InChI is InChI=1S/C26H22N2O5S/c1-13-10-14(2)21-19(11-13)34-26(27-21)28-22(16-6-5-7-17(12-16)32-4)20(24(30)25(28)31)23(29)18-9-8-15(3)33-18/h5-12,20,22H,1-4H3. The van der Waals surface area contributed by atoms with Crippen molar-refractivity contribution >= 4 is 44.2 Å². The Bertz CT molecular complexity index is 1470. The fraction of sp³-hybridized carbons (Fsp3) is 0.231. The van der Waals surface area contributed by atoms with Gasteiger partial charge in [0.1, 0.15) is 17.4 Å².